The van der Waals surface area contributed by atoms with Gasteiger partial charge in [-0.25, -0.2) is 9.97 Å². The van der Waals surface area contributed by atoms with E-state index in [1.54, 1.807) is 28.0 Å². The number of rotatable bonds is 9. The van der Waals surface area contributed by atoms with Crippen LogP contribution in [0.4, 0.5) is 5.82 Å². The van der Waals surface area contributed by atoms with Gasteiger partial charge in [-0.05, 0) is 39.0 Å². The van der Waals surface area contributed by atoms with E-state index in [0.717, 1.165) is 41.6 Å². The quantitative estimate of drug-likeness (QED) is 0.378. The van der Waals surface area contributed by atoms with E-state index in [9.17, 15) is 0 Å². The van der Waals surface area contributed by atoms with Crippen LogP contribution < -0.4 is 10.2 Å². The number of anilines is 1. The lowest BCUT2D eigenvalue weighted by Crippen LogP contribution is -3.11. The van der Waals surface area contributed by atoms with E-state index in [1.807, 2.05) is 6.26 Å². The third-order valence-electron chi connectivity index (χ3n) is 5.75. The molecule has 5 nitrogen and oxygen atoms in total. The minimum atomic E-state index is -0.0808. The van der Waals surface area contributed by atoms with Gasteiger partial charge in [-0.3, -0.25) is 0 Å². The van der Waals surface area contributed by atoms with Crippen molar-refractivity contribution in [2.75, 3.05) is 37.8 Å². The van der Waals surface area contributed by atoms with Crippen molar-refractivity contribution in [1.29, 1.82) is 0 Å². The van der Waals surface area contributed by atoms with E-state index >= 15 is 0 Å². The molecule has 3 heterocycles. The maximum atomic E-state index is 6.15. The van der Waals surface area contributed by atoms with Gasteiger partial charge < -0.3 is 15.0 Å². The van der Waals surface area contributed by atoms with Crippen LogP contribution in [0.2, 0.25) is 0 Å². The Hall–Kier alpha value is -0.890. The van der Waals surface area contributed by atoms with Crippen molar-refractivity contribution in [2.24, 2.45) is 0 Å². The van der Waals surface area contributed by atoms with Gasteiger partial charge in [-0.1, -0.05) is 18.7 Å². The zero-order valence-corrected chi connectivity index (χ0v) is 18.9. The summed E-state index contributed by atoms with van der Waals surface area (Å²) in [5.41, 5.74) is 1.32. The summed E-state index contributed by atoms with van der Waals surface area (Å²) in [6.07, 6.45) is 5.15. The topological polar surface area (TPSA) is 51.5 Å². The van der Waals surface area contributed by atoms with Gasteiger partial charge in [-0.15, -0.1) is 11.3 Å². The van der Waals surface area contributed by atoms with Gasteiger partial charge in [-0.2, -0.15) is 0 Å². The van der Waals surface area contributed by atoms with Crippen LogP contribution in [0.25, 0.3) is 10.2 Å². The van der Waals surface area contributed by atoms with E-state index in [4.69, 9.17) is 14.7 Å². The average molecular weight is 410 g/mol. The van der Waals surface area contributed by atoms with Gasteiger partial charge in [0.2, 0.25) is 0 Å². The molecule has 0 aromatic carbocycles. The van der Waals surface area contributed by atoms with Crippen molar-refractivity contribution in [3.8, 4) is 0 Å². The van der Waals surface area contributed by atoms with E-state index in [2.05, 4.69) is 33.0 Å². The Kier molecular flexibility index (Phi) is 7.00. The monoisotopic (exact) mass is 409 g/mol. The fourth-order valence-electron chi connectivity index (χ4n) is 3.65. The van der Waals surface area contributed by atoms with Crippen LogP contribution in [0, 0.1) is 0 Å². The average Bonchev–Trinajstić information content (AvgIpc) is 3.05. The molecule has 1 aliphatic heterocycles. The number of hydrogen-bond acceptors (Lipinski definition) is 6. The molecular weight excluding hydrogens is 376 g/mol. The summed E-state index contributed by atoms with van der Waals surface area (Å²) >= 11 is 3.38. The number of hydrogen-bond donors (Lipinski definition) is 2. The third kappa shape index (κ3) is 4.58. The van der Waals surface area contributed by atoms with Crippen molar-refractivity contribution in [2.45, 2.75) is 64.3 Å². The number of thiophene rings is 1. The highest BCUT2D eigenvalue weighted by Gasteiger charge is 2.33. The molecular formula is C20H33N4OS2+. The summed E-state index contributed by atoms with van der Waals surface area (Å²) in [6, 6.07) is 0. The SMILES string of the molecule is CC[NH+](CC)CCCNc1nc(SC)nc2sc3c(c12)C[C@](C)(CC)OC3. The summed E-state index contributed by atoms with van der Waals surface area (Å²) in [5.74, 6) is 1.01. The van der Waals surface area contributed by atoms with Crippen LogP contribution in [0.1, 0.15) is 51.0 Å². The van der Waals surface area contributed by atoms with Gasteiger partial charge in [0, 0.05) is 24.3 Å². The first kappa shape index (κ1) is 20.8. The smallest absolute Gasteiger partial charge is 0.190 e. The first-order valence-corrected chi connectivity index (χ1v) is 12.1. The minimum Gasteiger partial charge on any atom is -0.369 e. The van der Waals surface area contributed by atoms with Crippen LogP contribution in [-0.2, 0) is 17.8 Å². The molecule has 0 spiro atoms. The first-order chi connectivity index (χ1) is 13.0. The highest BCUT2D eigenvalue weighted by Crippen LogP contribution is 2.42. The zero-order chi connectivity index (χ0) is 19.4. The molecule has 3 rings (SSSR count). The molecule has 0 saturated heterocycles. The van der Waals surface area contributed by atoms with Crippen LogP contribution in [0.3, 0.4) is 0 Å². The fraction of sp³-hybridized carbons (Fsp3) is 0.700. The van der Waals surface area contributed by atoms with E-state index in [1.165, 1.54) is 35.5 Å². The summed E-state index contributed by atoms with van der Waals surface area (Å²) in [5, 5.41) is 5.71. The second-order valence-corrected chi connectivity index (χ2v) is 9.36. The molecule has 0 aliphatic carbocycles. The number of thioether (sulfide) groups is 1. The first-order valence-electron chi connectivity index (χ1n) is 10.1. The van der Waals surface area contributed by atoms with Crippen molar-refractivity contribution in [3.05, 3.63) is 10.4 Å². The Morgan fingerprint density at radius 1 is 1.26 bits per heavy atom. The normalized spacial score (nSPS) is 19.6. The van der Waals surface area contributed by atoms with Gasteiger partial charge in [0.1, 0.15) is 10.6 Å². The van der Waals surface area contributed by atoms with E-state index < -0.39 is 0 Å². The number of quaternary nitrogens is 1. The van der Waals surface area contributed by atoms with Gasteiger partial charge in [0.15, 0.2) is 5.16 Å². The molecule has 1 aliphatic rings. The Bertz CT molecular complexity index is 775. The summed E-state index contributed by atoms with van der Waals surface area (Å²) < 4.78 is 6.15. The molecule has 0 radical (unpaired) electrons. The maximum Gasteiger partial charge on any atom is 0.190 e. The third-order valence-corrected chi connectivity index (χ3v) is 7.39. The van der Waals surface area contributed by atoms with Gasteiger partial charge in [0.05, 0.1) is 37.2 Å². The highest BCUT2D eigenvalue weighted by molar-refractivity contribution is 7.98. The molecule has 0 fully saturated rings. The Morgan fingerprint density at radius 2 is 2.04 bits per heavy atom. The molecule has 0 saturated carbocycles. The highest BCUT2D eigenvalue weighted by atomic mass is 32.2. The molecule has 2 N–H and O–H groups in total. The molecule has 0 unspecified atom stereocenters. The standard InChI is InChI=1S/C20H32N4OS2/c1-6-20(4)12-14-15(13-25-20)27-18-16(14)17(22-19(23-18)26-5)21-10-9-11-24(7-2)8-3/h6-13H2,1-5H3,(H,21,22,23)/p+1/t20-/m0/s1. The van der Waals surface area contributed by atoms with Crippen LogP contribution in [-0.4, -0.2) is 48.0 Å². The number of fused-ring (bicyclic) bond motifs is 3. The lowest BCUT2D eigenvalue weighted by molar-refractivity contribution is -0.896. The number of nitrogens with one attached hydrogen (secondary N) is 2. The summed E-state index contributed by atoms with van der Waals surface area (Å²) in [6.45, 7) is 14.2. The lowest BCUT2D eigenvalue weighted by atomic mass is 9.90. The summed E-state index contributed by atoms with van der Waals surface area (Å²) in [7, 11) is 0. The molecule has 1 atom stereocenters. The molecule has 150 valence electrons. The molecule has 27 heavy (non-hydrogen) atoms. The maximum absolute atomic E-state index is 6.15. The second kappa shape index (κ2) is 9.07. The number of ether oxygens (including phenoxy) is 1. The molecule has 7 heteroatoms. The molecule has 2 aromatic rings. The molecule has 2 aromatic heterocycles. The fourth-order valence-corrected chi connectivity index (χ4v) is 5.17. The van der Waals surface area contributed by atoms with Crippen molar-refractivity contribution in [3.63, 3.8) is 0 Å². The lowest BCUT2D eigenvalue weighted by Gasteiger charge is -2.33. The zero-order valence-electron chi connectivity index (χ0n) is 17.3. The van der Waals surface area contributed by atoms with E-state index in [-0.39, 0.29) is 5.60 Å². The van der Waals surface area contributed by atoms with Crippen molar-refractivity contribution >= 4 is 39.1 Å². The number of aromatic nitrogens is 2. The predicted octanol–water partition coefficient (Wildman–Crippen LogP) is 3.38. The van der Waals surface area contributed by atoms with Crippen LogP contribution in [0.15, 0.2) is 5.16 Å². The van der Waals surface area contributed by atoms with E-state index in [0.29, 0.717) is 6.61 Å². The van der Waals surface area contributed by atoms with Crippen LogP contribution >= 0.6 is 23.1 Å². The van der Waals surface area contributed by atoms with Crippen molar-refractivity contribution < 1.29 is 9.64 Å². The van der Waals surface area contributed by atoms with Gasteiger partial charge >= 0.3 is 0 Å². The Balaban J connectivity index is 1.86. The molecule has 0 amide bonds. The Labute approximate surface area is 171 Å². The number of nitrogens with zero attached hydrogens (tertiary/aromatic N) is 2. The van der Waals surface area contributed by atoms with Crippen LogP contribution in [0.5, 0.6) is 0 Å². The summed E-state index contributed by atoms with van der Waals surface area (Å²) in [4.78, 5) is 13.7. The second-order valence-electron chi connectivity index (χ2n) is 7.50. The van der Waals surface area contributed by atoms with Crippen molar-refractivity contribution in [1.82, 2.24) is 9.97 Å². The Morgan fingerprint density at radius 3 is 2.70 bits per heavy atom. The minimum absolute atomic E-state index is 0.0808. The van der Waals surface area contributed by atoms with Gasteiger partial charge in [0.25, 0.3) is 0 Å². The largest absolute Gasteiger partial charge is 0.369 e. The molecule has 0 bridgehead atoms. The predicted molar refractivity (Wildman–Crippen MR) is 116 cm³/mol.